The maximum absolute atomic E-state index is 13.8. The number of hydrogen-bond donors (Lipinski definition) is 0. The first kappa shape index (κ1) is 19.7. The summed E-state index contributed by atoms with van der Waals surface area (Å²) in [6.45, 7) is 0. The Morgan fingerprint density at radius 3 is 2.47 bits per heavy atom. The number of esters is 2. The van der Waals surface area contributed by atoms with Crippen LogP contribution in [0.15, 0.2) is 71.2 Å². The van der Waals surface area contributed by atoms with E-state index >= 15 is 0 Å². The summed E-state index contributed by atoms with van der Waals surface area (Å²) in [5.41, 5.74) is 3.75. The second kappa shape index (κ2) is 6.75. The van der Waals surface area contributed by atoms with Gasteiger partial charge in [0.05, 0.1) is 13.0 Å². The molecule has 0 saturated carbocycles. The summed E-state index contributed by atoms with van der Waals surface area (Å²) < 4.78 is 25.9. The van der Waals surface area contributed by atoms with Gasteiger partial charge in [0.25, 0.3) is 0 Å². The summed E-state index contributed by atoms with van der Waals surface area (Å²) >= 11 is 3.72. The van der Waals surface area contributed by atoms with Gasteiger partial charge in [-0.3, -0.25) is 9.59 Å². The SMILES string of the molecule is COC(=O)[C@H]1C(=O)OC23c4ccccc4[C@H](c4ccc(F)cc4)[C@H]2c2c(Br)cccc2[C@H]13. The Balaban J connectivity index is 1.68. The maximum Gasteiger partial charge on any atom is 0.322 e. The van der Waals surface area contributed by atoms with Crippen molar-refractivity contribution < 1.29 is 23.5 Å². The highest BCUT2D eigenvalue weighted by Crippen LogP contribution is 2.73. The van der Waals surface area contributed by atoms with E-state index in [1.165, 1.54) is 19.2 Å². The lowest BCUT2D eigenvalue weighted by atomic mass is 9.75. The Bertz CT molecular complexity index is 1290. The molecular weight excluding hydrogens is 475 g/mol. The maximum atomic E-state index is 13.8. The number of fused-ring (bicyclic) bond motifs is 4. The van der Waals surface area contributed by atoms with E-state index in [9.17, 15) is 14.0 Å². The van der Waals surface area contributed by atoms with Gasteiger partial charge in [-0.2, -0.15) is 0 Å². The summed E-state index contributed by atoms with van der Waals surface area (Å²) in [4.78, 5) is 25.9. The van der Waals surface area contributed by atoms with Crippen LogP contribution < -0.4 is 0 Å². The average molecular weight is 493 g/mol. The monoisotopic (exact) mass is 492 g/mol. The fourth-order valence-corrected chi connectivity index (χ4v) is 6.85. The molecule has 160 valence electrons. The minimum Gasteiger partial charge on any atom is -0.468 e. The molecular formula is C26H18BrFO4. The van der Waals surface area contributed by atoms with E-state index in [0.29, 0.717) is 0 Å². The van der Waals surface area contributed by atoms with Crippen LogP contribution >= 0.6 is 15.9 Å². The van der Waals surface area contributed by atoms with Gasteiger partial charge in [0, 0.05) is 21.9 Å². The summed E-state index contributed by atoms with van der Waals surface area (Å²) in [6.07, 6.45) is 0. The molecule has 0 radical (unpaired) electrons. The number of hydrogen-bond acceptors (Lipinski definition) is 4. The van der Waals surface area contributed by atoms with Gasteiger partial charge >= 0.3 is 11.9 Å². The predicted molar refractivity (Wildman–Crippen MR) is 118 cm³/mol. The zero-order valence-electron chi connectivity index (χ0n) is 17.0. The van der Waals surface area contributed by atoms with Gasteiger partial charge in [0.15, 0.2) is 11.5 Å². The molecule has 3 aromatic rings. The van der Waals surface area contributed by atoms with Crippen LogP contribution in [0.5, 0.6) is 0 Å². The summed E-state index contributed by atoms with van der Waals surface area (Å²) in [5, 5.41) is 0. The van der Waals surface area contributed by atoms with Gasteiger partial charge in [-0.25, -0.2) is 4.39 Å². The molecule has 6 heteroatoms. The van der Waals surface area contributed by atoms with E-state index in [0.717, 1.165) is 32.3 Å². The van der Waals surface area contributed by atoms with E-state index in [1.807, 2.05) is 42.5 Å². The minimum atomic E-state index is -1.04. The van der Waals surface area contributed by atoms with Crippen LogP contribution in [0, 0.1) is 11.7 Å². The first-order valence-corrected chi connectivity index (χ1v) is 11.2. The lowest BCUT2D eigenvalue weighted by molar-refractivity contribution is -0.158. The van der Waals surface area contributed by atoms with Crippen molar-refractivity contribution in [2.45, 2.75) is 23.4 Å². The molecule has 0 bridgehead atoms. The zero-order valence-corrected chi connectivity index (χ0v) is 18.6. The summed E-state index contributed by atoms with van der Waals surface area (Å²) in [6, 6.07) is 20.2. The summed E-state index contributed by atoms with van der Waals surface area (Å²) in [7, 11) is 1.29. The number of benzene rings is 3. The number of ether oxygens (including phenoxy) is 2. The van der Waals surface area contributed by atoms with Crippen LogP contribution in [0.4, 0.5) is 4.39 Å². The van der Waals surface area contributed by atoms with Gasteiger partial charge < -0.3 is 9.47 Å². The highest BCUT2D eigenvalue weighted by Gasteiger charge is 2.72. The molecule has 1 spiro atoms. The van der Waals surface area contributed by atoms with Crippen molar-refractivity contribution >= 4 is 27.9 Å². The molecule has 1 unspecified atom stereocenters. The van der Waals surface area contributed by atoms with E-state index < -0.39 is 29.4 Å². The molecule has 5 atom stereocenters. The van der Waals surface area contributed by atoms with E-state index in [2.05, 4.69) is 15.9 Å². The molecule has 3 aromatic carbocycles. The molecule has 2 aliphatic carbocycles. The molecule has 0 aromatic heterocycles. The number of carbonyl (C=O) groups excluding carboxylic acids is 2. The quantitative estimate of drug-likeness (QED) is 0.366. The van der Waals surface area contributed by atoms with Gasteiger partial charge in [-0.1, -0.05) is 64.5 Å². The Morgan fingerprint density at radius 2 is 1.72 bits per heavy atom. The smallest absolute Gasteiger partial charge is 0.322 e. The molecule has 1 heterocycles. The normalized spacial score (nSPS) is 29.0. The average Bonchev–Trinajstić information content (AvgIpc) is 3.35. The van der Waals surface area contributed by atoms with Gasteiger partial charge in [0.1, 0.15) is 5.82 Å². The topological polar surface area (TPSA) is 52.6 Å². The third kappa shape index (κ3) is 2.31. The third-order valence-corrected chi connectivity index (χ3v) is 7.94. The Labute approximate surface area is 192 Å². The number of rotatable bonds is 2. The Kier molecular flexibility index (Phi) is 4.15. The molecule has 1 fully saturated rings. The fourth-order valence-electron chi connectivity index (χ4n) is 6.22. The number of methoxy groups -OCH3 is 1. The van der Waals surface area contributed by atoms with Crippen LogP contribution in [0.25, 0.3) is 0 Å². The van der Waals surface area contributed by atoms with Gasteiger partial charge in [-0.05, 0) is 40.5 Å². The van der Waals surface area contributed by atoms with Crippen LogP contribution in [0.3, 0.4) is 0 Å². The van der Waals surface area contributed by atoms with Crippen molar-refractivity contribution in [3.05, 3.63) is 105 Å². The summed E-state index contributed by atoms with van der Waals surface area (Å²) in [5.74, 6) is -3.44. The standard InChI is InChI=1S/C26H18BrFO4/c1-31-24(29)21-22-16-6-4-8-18(27)20(16)23-19(13-9-11-14(28)12-10-13)15-5-2-3-7-17(15)26(22,23)32-25(21)30/h2-12,19,21-23H,1H3/t19-,21-,22+,23-,26?/m0/s1. The second-order valence-corrected chi connectivity index (χ2v) is 9.38. The first-order chi connectivity index (χ1) is 15.5. The minimum absolute atomic E-state index is 0.168. The molecule has 6 rings (SSSR count). The van der Waals surface area contributed by atoms with Crippen molar-refractivity contribution in [1.82, 2.24) is 0 Å². The predicted octanol–water partition coefficient (Wildman–Crippen LogP) is 5.16. The van der Waals surface area contributed by atoms with Crippen LogP contribution in [0.2, 0.25) is 0 Å². The van der Waals surface area contributed by atoms with Crippen LogP contribution in [-0.4, -0.2) is 19.0 Å². The molecule has 1 aliphatic heterocycles. The first-order valence-electron chi connectivity index (χ1n) is 10.4. The Hall–Kier alpha value is -2.99. The molecule has 32 heavy (non-hydrogen) atoms. The molecule has 1 saturated heterocycles. The van der Waals surface area contributed by atoms with Gasteiger partial charge in [-0.15, -0.1) is 0 Å². The molecule has 0 amide bonds. The van der Waals surface area contributed by atoms with Crippen molar-refractivity contribution in [2.24, 2.45) is 5.92 Å². The van der Waals surface area contributed by atoms with E-state index in [1.54, 1.807) is 12.1 Å². The van der Waals surface area contributed by atoms with Crippen LogP contribution in [-0.2, 0) is 24.7 Å². The highest BCUT2D eigenvalue weighted by molar-refractivity contribution is 9.10. The van der Waals surface area contributed by atoms with Crippen molar-refractivity contribution in [3.63, 3.8) is 0 Å². The number of halogens is 2. The second-order valence-electron chi connectivity index (χ2n) is 8.53. The number of carbonyl (C=O) groups is 2. The van der Waals surface area contributed by atoms with Crippen LogP contribution in [0.1, 0.15) is 45.6 Å². The van der Waals surface area contributed by atoms with Crippen molar-refractivity contribution in [3.8, 4) is 0 Å². The lowest BCUT2D eigenvalue weighted by Gasteiger charge is -2.32. The fraction of sp³-hybridized carbons (Fsp3) is 0.231. The molecule has 0 N–H and O–H groups in total. The van der Waals surface area contributed by atoms with Crippen molar-refractivity contribution in [2.75, 3.05) is 7.11 Å². The molecule has 3 aliphatic rings. The van der Waals surface area contributed by atoms with E-state index in [-0.39, 0.29) is 17.7 Å². The lowest BCUT2D eigenvalue weighted by Crippen LogP contribution is -2.32. The Morgan fingerprint density at radius 1 is 1.00 bits per heavy atom. The highest BCUT2D eigenvalue weighted by atomic mass is 79.9. The molecule has 4 nitrogen and oxygen atoms in total. The largest absolute Gasteiger partial charge is 0.468 e. The zero-order chi connectivity index (χ0) is 22.2. The van der Waals surface area contributed by atoms with Gasteiger partial charge in [0.2, 0.25) is 0 Å². The van der Waals surface area contributed by atoms with Crippen molar-refractivity contribution in [1.29, 1.82) is 0 Å². The van der Waals surface area contributed by atoms with E-state index in [4.69, 9.17) is 9.47 Å². The third-order valence-electron chi connectivity index (χ3n) is 7.25.